The molecule has 0 fully saturated rings. The molecule has 1 aliphatic carbocycles. The first-order valence-electron chi connectivity index (χ1n) is 6.44. The number of rotatable bonds is 3. The zero-order valence-corrected chi connectivity index (χ0v) is 11.2. The maximum Gasteiger partial charge on any atom is 0.358 e. The highest BCUT2D eigenvalue weighted by Gasteiger charge is 2.20. The summed E-state index contributed by atoms with van der Waals surface area (Å²) in [4.78, 5) is 23.0. The number of hydrogen-bond donors (Lipinski definition) is 0. The van der Waals surface area contributed by atoms with Gasteiger partial charge in [-0.15, -0.1) is 0 Å². The average molecular weight is 262 g/mol. The van der Waals surface area contributed by atoms with Gasteiger partial charge in [0.05, 0.1) is 6.61 Å². The van der Waals surface area contributed by atoms with Crippen molar-refractivity contribution >= 4 is 5.97 Å². The van der Waals surface area contributed by atoms with Crippen LogP contribution in [0.3, 0.4) is 0 Å². The van der Waals surface area contributed by atoms with Gasteiger partial charge >= 0.3 is 5.97 Å². The SMILES string of the molecule is C[C@H]1CC=CC[C@@H]1COC(=O)c1ccc(=O)n(C)n1. The van der Waals surface area contributed by atoms with Crippen molar-refractivity contribution in [1.82, 2.24) is 9.78 Å². The molecule has 0 spiro atoms. The van der Waals surface area contributed by atoms with Gasteiger partial charge in [-0.05, 0) is 30.7 Å². The Balaban J connectivity index is 1.95. The number of carbonyl (C=O) groups is 1. The molecule has 1 aliphatic rings. The molecule has 2 atom stereocenters. The van der Waals surface area contributed by atoms with Crippen LogP contribution in [0.5, 0.6) is 0 Å². The minimum Gasteiger partial charge on any atom is -0.461 e. The minimum atomic E-state index is -0.475. The predicted molar refractivity (Wildman–Crippen MR) is 70.8 cm³/mol. The van der Waals surface area contributed by atoms with Crippen molar-refractivity contribution in [3.05, 3.63) is 40.3 Å². The highest BCUT2D eigenvalue weighted by atomic mass is 16.5. The Morgan fingerprint density at radius 2 is 2.16 bits per heavy atom. The van der Waals surface area contributed by atoms with E-state index in [2.05, 4.69) is 24.2 Å². The summed E-state index contributed by atoms with van der Waals surface area (Å²) in [7, 11) is 1.51. The Morgan fingerprint density at radius 3 is 2.84 bits per heavy atom. The third-order valence-electron chi connectivity index (χ3n) is 3.52. The van der Waals surface area contributed by atoms with E-state index < -0.39 is 5.97 Å². The van der Waals surface area contributed by atoms with Crippen molar-refractivity contribution in [3.63, 3.8) is 0 Å². The van der Waals surface area contributed by atoms with Gasteiger partial charge in [-0.1, -0.05) is 19.1 Å². The monoisotopic (exact) mass is 262 g/mol. The number of carbonyl (C=O) groups excluding carboxylic acids is 1. The molecule has 0 aliphatic heterocycles. The molecule has 1 aromatic rings. The number of aromatic nitrogens is 2. The molecule has 0 aromatic carbocycles. The fraction of sp³-hybridized carbons (Fsp3) is 0.500. The normalized spacial score (nSPS) is 22.2. The smallest absolute Gasteiger partial charge is 0.358 e. The zero-order chi connectivity index (χ0) is 13.8. The van der Waals surface area contributed by atoms with E-state index in [1.54, 1.807) is 0 Å². The van der Waals surface area contributed by atoms with E-state index in [9.17, 15) is 9.59 Å². The van der Waals surface area contributed by atoms with Crippen LogP contribution in [0.4, 0.5) is 0 Å². The molecule has 0 amide bonds. The van der Waals surface area contributed by atoms with Crippen LogP contribution < -0.4 is 5.56 Å². The maximum absolute atomic E-state index is 11.8. The number of esters is 1. The van der Waals surface area contributed by atoms with Crippen molar-refractivity contribution in [2.24, 2.45) is 18.9 Å². The summed E-state index contributed by atoms with van der Waals surface area (Å²) < 4.78 is 6.41. The Hall–Kier alpha value is -1.91. The summed E-state index contributed by atoms with van der Waals surface area (Å²) in [6.07, 6.45) is 6.26. The van der Waals surface area contributed by atoms with E-state index in [1.807, 2.05) is 0 Å². The largest absolute Gasteiger partial charge is 0.461 e. The van der Waals surface area contributed by atoms with Gasteiger partial charge in [0, 0.05) is 13.1 Å². The molecular weight excluding hydrogens is 244 g/mol. The second kappa shape index (κ2) is 5.82. The third-order valence-corrected chi connectivity index (χ3v) is 3.52. The lowest BCUT2D eigenvalue weighted by Crippen LogP contribution is -2.24. The van der Waals surface area contributed by atoms with Crippen molar-refractivity contribution in [2.75, 3.05) is 6.61 Å². The van der Waals surface area contributed by atoms with Gasteiger partial charge in [-0.2, -0.15) is 5.10 Å². The number of allylic oxidation sites excluding steroid dienone is 2. The molecule has 2 rings (SSSR count). The second-order valence-electron chi connectivity index (χ2n) is 4.96. The molecule has 5 heteroatoms. The van der Waals surface area contributed by atoms with Crippen molar-refractivity contribution in [3.8, 4) is 0 Å². The fourth-order valence-electron chi connectivity index (χ4n) is 2.11. The maximum atomic E-state index is 11.8. The van der Waals surface area contributed by atoms with Gasteiger partial charge in [-0.25, -0.2) is 9.48 Å². The van der Waals surface area contributed by atoms with Crippen LogP contribution in [0.25, 0.3) is 0 Å². The summed E-state index contributed by atoms with van der Waals surface area (Å²) in [6.45, 7) is 2.56. The Morgan fingerprint density at radius 1 is 1.42 bits per heavy atom. The average Bonchev–Trinajstić information content (AvgIpc) is 2.40. The van der Waals surface area contributed by atoms with Crippen LogP contribution in [0.15, 0.2) is 29.1 Å². The molecule has 0 saturated carbocycles. The summed E-state index contributed by atoms with van der Waals surface area (Å²) in [5.74, 6) is 0.407. The molecule has 0 saturated heterocycles. The minimum absolute atomic E-state index is 0.168. The highest BCUT2D eigenvalue weighted by molar-refractivity contribution is 5.86. The summed E-state index contributed by atoms with van der Waals surface area (Å²) >= 11 is 0. The van der Waals surface area contributed by atoms with Crippen LogP contribution >= 0.6 is 0 Å². The van der Waals surface area contributed by atoms with Gasteiger partial charge in [0.25, 0.3) is 5.56 Å². The summed E-state index contributed by atoms with van der Waals surface area (Å²) in [6, 6.07) is 2.71. The molecule has 1 aromatic heterocycles. The summed E-state index contributed by atoms with van der Waals surface area (Å²) in [5.41, 5.74) is -0.0799. The number of ether oxygens (including phenoxy) is 1. The second-order valence-corrected chi connectivity index (χ2v) is 4.96. The van der Waals surface area contributed by atoms with Crippen molar-refractivity contribution in [2.45, 2.75) is 19.8 Å². The first-order chi connectivity index (χ1) is 9.08. The van der Waals surface area contributed by atoms with Crippen molar-refractivity contribution in [1.29, 1.82) is 0 Å². The van der Waals surface area contributed by atoms with Crippen LogP contribution in [-0.4, -0.2) is 22.4 Å². The van der Waals surface area contributed by atoms with Crippen LogP contribution in [0, 0.1) is 11.8 Å². The standard InChI is InChI=1S/C14H18N2O3/c1-10-5-3-4-6-11(10)9-19-14(18)12-7-8-13(17)16(2)15-12/h3-4,7-8,10-11H,5-6,9H2,1-2H3/t10-,11+/m0/s1. The van der Waals surface area contributed by atoms with Gasteiger partial charge in [0.15, 0.2) is 5.69 Å². The number of aryl methyl sites for hydroxylation is 1. The quantitative estimate of drug-likeness (QED) is 0.612. The molecule has 102 valence electrons. The lowest BCUT2D eigenvalue weighted by atomic mass is 9.85. The first-order valence-corrected chi connectivity index (χ1v) is 6.44. The van der Waals surface area contributed by atoms with Gasteiger partial charge in [-0.3, -0.25) is 4.79 Å². The Bertz CT molecular complexity index is 548. The number of hydrogen-bond acceptors (Lipinski definition) is 4. The van der Waals surface area contributed by atoms with Crippen LogP contribution in [0.2, 0.25) is 0 Å². The Kier molecular flexibility index (Phi) is 4.14. The lowest BCUT2D eigenvalue weighted by molar-refractivity contribution is 0.0386. The molecule has 0 radical (unpaired) electrons. The zero-order valence-electron chi connectivity index (χ0n) is 11.2. The van der Waals surface area contributed by atoms with E-state index in [0.29, 0.717) is 18.4 Å². The Labute approximate surface area is 111 Å². The molecule has 0 bridgehead atoms. The van der Waals surface area contributed by atoms with Gasteiger partial charge in [0.1, 0.15) is 0 Å². The molecule has 19 heavy (non-hydrogen) atoms. The molecule has 1 heterocycles. The molecular formula is C14H18N2O3. The lowest BCUT2D eigenvalue weighted by Gasteiger charge is -2.24. The topological polar surface area (TPSA) is 61.2 Å². The van der Waals surface area contributed by atoms with E-state index in [-0.39, 0.29) is 11.3 Å². The number of nitrogens with zero attached hydrogens (tertiary/aromatic N) is 2. The van der Waals surface area contributed by atoms with E-state index in [0.717, 1.165) is 17.5 Å². The van der Waals surface area contributed by atoms with E-state index in [1.165, 1.54) is 19.2 Å². The third kappa shape index (κ3) is 3.30. The fourth-order valence-corrected chi connectivity index (χ4v) is 2.11. The predicted octanol–water partition coefficient (Wildman–Crippen LogP) is 1.54. The highest BCUT2D eigenvalue weighted by Crippen LogP contribution is 2.25. The van der Waals surface area contributed by atoms with E-state index >= 15 is 0 Å². The van der Waals surface area contributed by atoms with Gasteiger partial charge in [0.2, 0.25) is 0 Å². The van der Waals surface area contributed by atoms with Crippen molar-refractivity contribution < 1.29 is 9.53 Å². The first kappa shape index (κ1) is 13.5. The van der Waals surface area contributed by atoms with E-state index in [4.69, 9.17) is 4.74 Å². The van der Waals surface area contributed by atoms with Crippen LogP contribution in [0.1, 0.15) is 30.3 Å². The van der Waals surface area contributed by atoms with Gasteiger partial charge < -0.3 is 4.74 Å². The molecule has 0 unspecified atom stereocenters. The molecule has 0 N–H and O–H groups in total. The molecule has 5 nitrogen and oxygen atoms in total. The van der Waals surface area contributed by atoms with Crippen LogP contribution in [-0.2, 0) is 11.8 Å². The summed E-state index contributed by atoms with van der Waals surface area (Å²) in [5, 5.41) is 3.87.